The first kappa shape index (κ1) is 12.1. The molecule has 0 aromatic carbocycles. The average molecular weight is 210 g/mol. The predicted octanol–water partition coefficient (Wildman–Crippen LogP) is 2.20. The van der Waals surface area contributed by atoms with E-state index in [1.807, 2.05) is 33.2 Å². The Bertz CT molecular complexity index is 281. The molecule has 0 unspecified atom stereocenters. The molecule has 0 aromatic heterocycles. The largest absolute Gasteiger partial charge is 0.362 e. The summed E-state index contributed by atoms with van der Waals surface area (Å²) in [6, 6.07) is 0. The maximum Gasteiger partial charge on any atom is 0.246 e. The molecule has 0 atom stereocenters. The summed E-state index contributed by atoms with van der Waals surface area (Å²) in [6.45, 7) is 12.9. The van der Waals surface area contributed by atoms with Crippen molar-refractivity contribution in [2.24, 2.45) is 0 Å². The highest BCUT2D eigenvalue weighted by atomic mass is 16.2. The standard InChI is InChI=1S/C12H22N2O/c1-11(2,3)13-7-8-14(10(15)9-13)12(4,5)6/h7-8H,9H2,1-6H3. The van der Waals surface area contributed by atoms with E-state index in [4.69, 9.17) is 0 Å². The first-order chi connectivity index (χ1) is 6.62. The van der Waals surface area contributed by atoms with Crippen molar-refractivity contribution in [2.75, 3.05) is 6.54 Å². The Labute approximate surface area is 92.7 Å². The highest BCUT2D eigenvalue weighted by molar-refractivity contribution is 5.81. The van der Waals surface area contributed by atoms with Crippen LogP contribution in [-0.4, -0.2) is 33.3 Å². The number of amides is 1. The third-order valence-corrected chi connectivity index (χ3v) is 2.55. The fourth-order valence-electron chi connectivity index (χ4n) is 1.56. The fraction of sp³-hybridized carbons (Fsp3) is 0.750. The van der Waals surface area contributed by atoms with E-state index in [1.54, 1.807) is 4.90 Å². The molecule has 86 valence electrons. The second kappa shape index (κ2) is 3.54. The topological polar surface area (TPSA) is 23.6 Å². The van der Waals surface area contributed by atoms with Crippen molar-refractivity contribution >= 4 is 5.91 Å². The zero-order valence-corrected chi connectivity index (χ0v) is 10.7. The molecule has 0 aromatic rings. The molecule has 1 aliphatic heterocycles. The number of nitrogens with zero attached hydrogens (tertiary/aromatic N) is 2. The summed E-state index contributed by atoms with van der Waals surface area (Å²) in [5, 5.41) is 0. The van der Waals surface area contributed by atoms with Gasteiger partial charge in [-0.3, -0.25) is 4.79 Å². The summed E-state index contributed by atoms with van der Waals surface area (Å²) in [7, 11) is 0. The highest BCUT2D eigenvalue weighted by Crippen LogP contribution is 2.22. The van der Waals surface area contributed by atoms with Crippen molar-refractivity contribution in [2.45, 2.75) is 52.6 Å². The lowest BCUT2D eigenvalue weighted by atomic mass is 10.0. The molecule has 0 radical (unpaired) electrons. The molecule has 1 rings (SSSR count). The monoisotopic (exact) mass is 210 g/mol. The smallest absolute Gasteiger partial charge is 0.246 e. The molecule has 0 saturated heterocycles. The summed E-state index contributed by atoms with van der Waals surface area (Å²) in [4.78, 5) is 15.8. The fourth-order valence-corrected chi connectivity index (χ4v) is 1.56. The van der Waals surface area contributed by atoms with Gasteiger partial charge < -0.3 is 9.80 Å². The lowest BCUT2D eigenvalue weighted by Crippen LogP contribution is -2.52. The van der Waals surface area contributed by atoms with Crippen LogP contribution in [0.3, 0.4) is 0 Å². The predicted molar refractivity (Wildman–Crippen MR) is 62.2 cm³/mol. The molecule has 0 saturated carbocycles. The Balaban J connectivity index is 2.86. The van der Waals surface area contributed by atoms with Gasteiger partial charge in [0.25, 0.3) is 0 Å². The first-order valence-corrected chi connectivity index (χ1v) is 5.39. The number of carbonyl (C=O) groups is 1. The van der Waals surface area contributed by atoms with E-state index in [1.165, 1.54) is 0 Å². The quantitative estimate of drug-likeness (QED) is 0.612. The van der Waals surface area contributed by atoms with Crippen molar-refractivity contribution in [1.29, 1.82) is 0 Å². The second-order valence-electron chi connectivity index (χ2n) is 6.03. The molecule has 0 aliphatic carbocycles. The molecule has 15 heavy (non-hydrogen) atoms. The van der Waals surface area contributed by atoms with E-state index in [0.29, 0.717) is 6.54 Å². The summed E-state index contributed by atoms with van der Waals surface area (Å²) in [5.41, 5.74) is -0.117. The summed E-state index contributed by atoms with van der Waals surface area (Å²) >= 11 is 0. The van der Waals surface area contributed by atoms with Gasteiger partial charge in [-0.25, -0.2) is 0 Å². The molecule has 1 heterocycles. The van der Waals surface area contributed by atoms with Gasteiger partial charge in [0, 0.05) is 23.5 Å². The zero-order valence-electron chi connectivity index (χ0n) is 10.7. The molecular formula is C12H22N2O. The van der Waals surface area contributed by atoms with Gasteiger partial charge in [-0.15, -0.1) is 0 Å². The average Bonchev–Trinajstić information content (AvgIpc) is 1.99. The number of hydrogen-bond acceptors (Lipinski definition) is 2. The molecule has 3 nitrogen and oxygen atoms in total. The third kappa shape index (κ3) is 2.74. The van der Waals surface area contributed by atoms with Crippen LogP contribution in [0.25, 0.3) is 0 Å². The van der Waals surface area contributed by atoms with Crippen LogP contribution in [0, 0.1) is 0 Å². The maximum absolute atomic E-state index is 11.9. The van der Waals surface area contributed by atoms with E-state index >= 15 is 0 Å². The molecule has 0 bridgehead atoms. The SMILES string of the molecule is CC(C)(C)N1C=CN(C(C)(C)C)C(=O)C1. The minimum Gasteiger partial charge on any atom is -0.362 e. The highest BCUT2D eigenvalue weighted by Gasteiger charge is 2.31. The van der Waals surface area contributed by atoms with Crippen LogP contribution in [0.1, 0.15) is 41.5 Å². The minimum absolute atomic E-state index is 0.0101. The zero-order chi connectivity index (χ0) is 11.9. The van der Waals surface area contributed by atoms with Gasteiger partial charge in [0.1, 0.15) is 0 Å². The molecular weight excluding hydrogens is 188 g/mol. The first-order valence-electron chi connectivity index (χ1n) is 5.39. The van der Waals surface area contributed by atoms with Gasteiger partial charge in [-0.2, -0.15) is 0 Å². The Morgan fingerprint density at radius 2 is 1.53 bits per heavy atom. The van der Waals surface area contributed by atoms with Crippen LogP contribution < -0.4 is 0 Å². The summed E-state index contributed by atoms with van der Waals surface area (Å²) < 4.78 is 0. The Morgan fingerprint density at radius 3 is 1.87 bits per heavy atom. The van der Waals surface area contributed by atoms with Crippen LogP contribution in [0.4, 0.5) is 0 Å². The molecule has 0 spiro atoms. The normalized spacial score (nSPS) is 18.7. The Hall–Kier alpha value is -0.990. The van der Waals surface area contributed by atoms with Crippen molar-refractivity contribution in [3.05, 3.63) is 12.4 Å². The van der Waals surface area contributed by atoms with Gasteiger partial charge in [0.2, 0.25) is 5.91 Å². The summed E-state index contributed by atoms with van der Waals surface area (Å²) in [6.07, 6.45) is 3.89. The van der Waals surface area contributed by atoms with E-state index in [2.05, 4.69) is 25.7 Å². The van der Waals surface area contributed by atoms with Crippen molar-refractivity contribution < 1.29 is 4.79 Å². The maximum atomic E-state index is 11.9. The van der Waals surface area contributed by atoms with Crippen molar-refractivity contribution in [3.63, 3.8) is 0 Å². The minimum atomic E-state index is -0.127. The molecule has 1 aliphatic rings. The van der Waals surface area contributed by atoms with Crippen LogP contribution in [0.2, 0.25) is 0 Å². The van der Waals surface area contributed by atoms with Crippen LogP contribution in [0.15, 0.2) is 12.4 Å². The second-order valence-corrected chi connectivity index (χ2v) is 6.03. The van der Waals surface area contributed by atoms with Gasteiger partial charge in [0.15, 0.2) is 0 Å². The van der Waals surface area contributed by atoms with E-state index in [9.17, 15) is 4.79 Å². The van der Waals surface area contributed by atoms with Crippen molar-refractivity contribution in [3.8, 4) is 0 Å². The molecule has 0 N–H and O–H groups in total. The molecule has 1 amide bonds. The third-order valence-electron chi connectivity index (χ3n) is 2.55. The van der Waals surface area contributed by atoms with Crippen molar-refractivity contribution in [1.82, 2.24) is 9.80 Å². The summed E-state index contributed by atoms with van der Waals surface area (Å²) in [5.74, 6) is 0.167. The lowest BCUT2D eigenvalue weighted by molar-refractivity contribution is -0.135. The van der Waals surface area contributed by atoms with E-state index in [-0.39, 0.29) is 17.0 Å². The Kier molecular flexibility index (Phi) is 2.85. The number of hydrogen-bond donors (Lipinski definition) is 0. The van der Waals surface area contributed by atoms with Crippen LogP contribution >= 0.6 is 0 Å². The number of rotatable bonds is 0. The Morgan fingerprint density at radius 1 is 1.00 bits per heavy atom. The van der Waals surface area contributed by atoms with Gasteiger partial charge in [-0.05, 0) is 41.5 Å². The van der Waals surface area contributed by atoms with Crippen LogP contribution in [-0.2, 0) is 4.79 Å². The molecule has 0 fully saturated rings. The number of carbonyl (C=O) groups excluding carboxylic acids is 1. The van der Waals surface area contributed by atoms with E-state index in [0.717, 1.165) is 0 Å². The van der Waals surface area contributed by atoms with Gasteiger partial charge in [-0.1, -0.05) is 0 Å². The van der Waals surface area contributed by atoms with Gasteiger partial charge >= 0.3 is 0 Å². The molecule has 3 heteroatoms. The van der Waals surface area contributed by atoms with Gasteiger partial charge in [0.05, 0.1) is 6.54 Å². The van der Waals surface area contributed by atoms with E-state index < -0.39 is 0 Å². The van der Waals surface area contributed by atoms with Crippen LogP contribution in [0.5, 0.6) is 0 Å². The lowest BCUT2D eigenvalue weighted by Gasteiger charge is -2.42.